The highest BCUT2D eigenvalue weighted by Crippen LogP contribution is 2.11. The van der Waals surface area contributed by atoms with Crippen molar-refractivity contribution >= 4 is 11.6 Å². The van der Waals surface area contributed by atoms with Crippen LogP contribution in [0.1, 0.15) is 12.5 Å². The van der Waals surface area contributed by atoms with Crippen LogP contribution < -0.4 is 5.32 Å². The van der Waals surface area contributed by atoms with E-state index in [-0.39, 0.29) is 5.91 Å². The Bertz CT molecular complexity index is 383. The van der Waals surface area contributed by atoms with Gasteiger partial charge < -0.3 is 10.2 Å². The third kappa shape index (κ3) is 4.64. The molecule has 0 aliphatic heterocycles. The zero-order chi connectivity index (χ0) is 12.0. The van der Waals surface area contributed by atoms with Gasteiger partial charge in [-0.05, 0) is 30.3 Å². The fraction of sp³-hybridized carbons (Fsp3) is 0.308. The number of rotatable bonds is 4. The minimum atomic E-state index is -0.0408. The number of anilines is 1. The van der Waals surface area contributed by atoms with E-state index in [0.717, 1.165) is 12.1 Å². The van der Waals surface area contributed by atoms with Crippen LogP contribution >= 0.6 is 0 Å². The van der Waals surface area contributed by atoms with Crippen molar-refractivity contribution in [2.45, 2.75) is 13.3 Å². The molecule has 1 aromatic carbocycles. The Morgan fingerprint density at radius 3 is 2.81 bits per heavy atom. The lowest BCUT2D eigenvalue weighted by molar-refractivity contribution is -0.114. The van der Waals surface area contributed by atoms with E-state index in [4.69, 9.17) is 0 Å². The minimum absolute atomic E-state index is 0.0408. The van der Waals surface area contributed by atoms with E-state index in [1.165, 1.54) is 12.5 Å². The highest BCUT2D eigenvalue weighted by atomic mass is 16.1. The largest absolute Gasteiger partial charge is 0.384 e. The van der Waals surface area contributed by atoms with Crippen molar-refractivity contribution in [3.05, 3.63) is 42.1 Å². The second kappa shape index (κ2) is 5.95. The molecule has 0 radical (unpaired) electrons. The number of amides is 1. The summed E-state index contributed by atoms with van der Waals surface area (Å²) in [6.07, 6.45) is 4.98. The van der Waals surface area contributed by atoms with Gasteiger partial charge in [-0.25, -0.2) is 0 Å². The fourth-order valence-corrected chi connectivity index (χ4v) is 1.38. The monoisotopic (exact) mass is 218 g/mol. The molecule has 86 valence electrons. The SMILES string of the molecule is CC(=O)Nc1cccc(C/C=C/N(C)C)c1. The second-order valence-electron chi connectivity index (χ2n) is 3.93. The summed E-state index contributed by atoms with van der Waals surface area (Å²) < 4.78 is 0. The third-order valence-corrected chi connectivity index (χ3v) is 2.00. The van der Waals surface area contributed by atoms with Crippen LogP contribution in [0.3, 0.4) is 0 Å². The van der Waals surface area contributed by atoms with E-state index in [2.05, 4.69) is 11.4 Å². The van der Waals surface area contributed by atoms with Gasteiger partial charge in [0.05, 0.1) is 0 Å². The van der Waals surface area contributed by atoms with Gasteiger partial charge in [0.15, 0.2) is 0 Å². The normalized spacial score (nSPS) is 10.4. The van der Waals surface area contributed by atoms with Crippen LogP contribution in [0, 0.1) is 0 Å². The number of allylic oxidation sites excluding steroid dienone is 1. The van der Waals surface area contributed by atoms with Gasteiger partial charge in [-0.1, -0.05) is 18.2 Å². The molecular formula is C13H18N2O. The van der Waals surface area contributed by atoms with E-state index in [1.807, 2.05) is 49.5 Å². The Hall–Kier alpha value is -1.77. The Morgan fingerprint density at radius 2 is 2.19 bits per heavy atom. The Balaban J connectivity index is 2.63. The zero-order valence-electron chi connectivity index (χ0n) is 10.0. The second-order valence-corrected chi connectivity index (χ2v) is 3.93. The summed E-state index contributed by atoms with van der Waals surface area (Å²) in [5, 5.41) is 2.77. The maximum atomic E-state index is 10.9. The number of carbonyl (C=O) groups excluding carboxylic acids is 1. The standard InChI is InChI=1S/C13H18N2O/c1-11(16)14-13-8-4-6-12(10-13)7-5-9-15(2)3/h4-6,8-10H,7H2,1-3H3,(H,14,16)/b9-5+. The lowest BCUT2D eigenvalue weighted by Crippen LogP contribution is -2.05. The molecule has 0 spiro atoms. The highest BCUT2D eigenvalue weighted by molar-refractivity contribution is 5.88. The van der Waals surface area contributed by atoms with E-state index in [9.17, 15) is 4.79 Å². The van der Waals surface area contributed by atoms with Crippen LogP contribution in [-0.2, 0) is 11.2 Å². The third-order valence-electron chi connectivity index (χ3n) is 2.00. The smallest absolute Gasteiger partial charge is 0.221 e. The average Bonchev–Trinajstić information content (AvgIpc) is 2.16. The van der Waals surface area contributed by atoms with Crippen molar-refractivity contribution in [3.63, 3.8) is 0 Å². The Morgan fingerprint density at radius 1 is 1.44 bits per heavy atom. The molecule has 0 saturated heterocycles. The first-order valence-electron chi connectivity index (χ1n) is 5.27. The van der Waals surface area contributed by atoms with Gasteiger partial charge >= 0.3 is 0 Å². The van der Waals surface area contributed by atoms with Crippen LogP contribution in [0.15, 0.2) is 36.5 Å². The van der Waals surface area contributed by atoms with Crippen molar-refractivity contribution in [1.82, 2.24) is 4.90 Å². The topological polar surface area (TPSA) is 32.3 Å². The molecule has 0 aliphatic rings. The van der Waals surface area contributed by atoms with Gasteiger partial charge in [0, 0.05) is 26.7 Å². The molecule has 0 fully saturated rings. The molecule has 3 nitrogen and oxygen atoms in total. The number of hydrogen-bond acceptors (Lipinski definition) is 2. The average molecular weight is 218 g/mol. The Kier molecular flexibility index (Phi) is 4.58. The molecule has 0 heterocycles. The first-order valence-corrected chi connectivity index (χ1v) is 5.27. The summed E-state index contributed by atoms with van der Waals surface area (Å²) in [6.45, 7) is 1.51. The molecule has 0 aromatic heterocycles. The maximum absolute atomic E-state index is 10.9. The summed E-state index contributed by atoms with van der Waals surface area (Å²) in [6, 6.07) is 7.87. The molecule has 3 heteroatoms. The molecule has 0 bridgehead atoms. The van der Waals surface area contributed by atoms with E-state index in [1.54, 1.807) is 0 Å². The van der Waals surface area contributed by atoms with Crippen molar-refractivity contribution in [2.24, 2.45) is 0 Å². The van der Waals surface area contributed by atoms with Crippen molar-refractivity contribution in [1.29, 1.82) is 0 Å². The predicted octanol–water partition coefficient (Wildman–Crippen LogP) is 2.26. The molecule has 1 aromatic rings. The van der Waals surface area contributed by atoms with Crippen LogP contribution in [-0.4, -0.2) is 24.9 Å². The summed E-state index contributed by atoms with van der Waals surface area (Å²) in [7, 11) is 3.98. The summed E-state index contributed by atoms with van der Waals surface area (Å²) in [5.41, 5.74) is 2.03. The fourth-order valence-electron chi connectivity index (χ4n) is 1.38. The van der Waals surface area contributed by atoms with E-state index >= 15 is 0 Å². The molecule has 1 amide bonds. The van der Waals surface area contributed by atoms with E-state index < -0.39 is 0 Å². The molecule has 0 saturated carbocycles. The van der Waals surface area contributed by atoms with Gasteiger partial charge in [0.25, 0.3) is 0 Å². The molecule has 1 N–H and O–H groups in total. The summed E-state index contributed by atoms with van der Waals surface area (Å²) >= 11 is 0. The van der Waals surface area contributed by atoms with Crippen molar-refractivity contribution < 1.29 is 4.79 Å². The minimum Gasteiger partial charge on any atom is -0.384 e. The van der Waals surface area contributed by atoms with Gasteiger partial charge in [-0.15, -0.1) is 0 Å². The lowest BCUT2D eigenvalue weighted by Gasteiger charge is -2.05. The predicted molar refractivity (Wildman–Crippen MR) is 67.3 cm³/mol. The van der Waals surface area contributed by atoms with Crippen molar-refractivity contribution in [3.8, 4) is 0 Å². The van der Waals surface area contributed by atoms with Gasteiger partial charge in [0.2, 0.25) is 5.91 Å². The number of nitrogens with one attached hydrogen (secondary N) is 1. The van der Waals surface area contributed by atoms with Gasteiger partial charge in [-0.3, -0.25) is 4.79 Å². The van der Waals surface area contributed by atoms with Crippen LogP contribution in [0.25, 0.3) is 0 Å². The first-order chi connectivity index (χ1) is 7.58. The summed E-state index contributed by atoms with van der Waals surface area (Å²) in [4.78, 5) is 12.9. The molecular weight excluding hydrogens is 200 g/mol. The maximum Gasteiger partial charge on any atom is 0.221 e. The molecule has 0 aliphatic carbocycles. The lowest BCUT2D eigenvalue weighted by atomic mass is 10.1. The number of benzene rings is 1. The number of hydrogen-bond donors (Lipinski definition) is 1. The van der Waals surface area contributed by atoms with Crippen LogP contribution in [0.2, 0.25) is 0 Å². The van der Waals surface area contributed by atoms with Crippen molar-refractivity contribution in [2.75, 3.05) is 19.4 Å². The highest BCUT2D eigenvalue weighted by Gasteiger charge is 1.96. The molecule has 0 atom stereocenters. The molecule has 0 unspecified atom stereocenters. The Labute approximate surface area is 96.8 Å². The van der Waals surface area contributed by atoms with Crippen LogP contribution in [0.5, 0.6) is 0 Å². The first kappa shape index (κ1) is 12.3. The zero-order valence-corrected chi connectivity index (χ0v) is 10.0. The van der Waals surface area contributed by atoms with E-state index in [0.29, 0.717) is 0 Å². The quantitative estimate of drug-likeness (QED) is 0.840. The van der Waals surface area contributed by atoms with Gasteiger partial charge in [-0.2, -0.15) is 0 Å². The summed E-state index contributed by atoms with van der Waals surface area (Å²) in [5.74, 6) is -0.0408. The van der Waals surface area contributed by atoms with Crippen LogP contribution in [0.4, 0.5) is 5.69 Å². The number of carbonyl (C=O) groups is 1. The number of nitrogens with zero attached hydrogens (tertiary/aromatic N) is 1. The molecule has 16 heavy (non-hydrogen) atoms. The van der Waals surface area contributed by atoms with Gasteiger partial charge in [0.1, 0.15) is 0 Å². The molecule has 1 rings (SSSR count).